The van der Waals surface area contributed by atoms with Gasteiger partial charge in [-0.05, 0) is 48.4 Å². The molecule has 0 spiro atoms. The average molecular weight is 325 g/mol. The van der Waals surface area contributed by atoms with Crippen LogP contribution in [0, 0.1) is 11.8 Å². The van der Waals surface area contributed by atoms with E-state index in [-0.39, 0.29) is 11.5 Å². The summed E-state index contributed by atoms with van der Waals surface area (Å²) in [6, 6.07) is 10.1. The number of anilines is 1. The maximum atomic E-state index is 11.9. The van der Waals surface area contributed by atoms with Crippen molar-refractivity contribution in [2.75, 3.05) is 18.8 Å². The Bertz CT molecular complexity index is 771. The Balaban J connectivity index is 1.47. The number of hydrogen-bond donors (Lipinski definition) is 2. The van der Waals surface area contributed by atoms with Crippen molar-refractivity contribution in [2.24, 2.45) is 17.6 Å². The summed E-state index contributed by atoms with van der Waals surface area (Å²) in [6.45, 7) is 3.14. The van der Waals surface area contributed by atoms with Gasteiger partial charge >= 0.3 is 5.69 Å². The fourth-order valence-electron chi connectivity index (χ4n) is 4.12. The molecule has 4 N–H and O–H groups in total. The number of nitrogens with two attached hydrogens (primary N) is 2. The number of likely N-dealkylation sites (tertiary alicyclic amines) is 1. The normalized spacial score (nSPS) is 26.6. The highest BCUT2D eigenvalue weighted by atomic mass is 16.1. The van der Waals surface area contributed by atoms with Crippen LogP contribution in [-0.2, 0) is 6.54 Å². The first kappa shape index (κ1) is 15.4. The predicted molar refractivity (Wildman–Crippen MR) is 93.7 cm³/mol. The van der Waals surface area contributed by atoms with Crippen molar-refractivity contribution in [3.63, 3.8) is 0 Å². The van der Waals surface area contributed by atoms with Crippen molar-refractivity contribution in [1.82, 2.24) is 14.5 Å². The molecule has 1 aliphatic heterocycles. The van der Waals surface area contributed by atoms with E-state index < -0.39 is 0 Å². The Labute approximate surface area is 141 Å². The second-order valence-corrected chi connectivity index (χ2v) is 7.04. The molecule has 1 saturated heterocycles. The van der Waals surface area contributed by atoms with Gasteiger partial charge in [-0.3, -0.25) is 9.47 Å². The van der Waals surface area contributed by atoms with E-state index in [2.05, 4.69) is 22.0 Å². The Morgan fingerprint density at radius 1 is 1.08 bits per heavy atom. The van der Waals surface area contributed by atoms with Crippen molar-refractivity contribution in [1.29, 1.82) is 0 Å². The van der Waals surface area contributed by atoms with Gasteiger partial charge in [0.05, 0.1) is 5.69 Å². The lowest BCUT2D eigenvalue weighted by atomic mass is 9.93. The summed E-state index contributed by atoms with van der Waals surface area (Å²) in [7, 11) is 0. The van der Waals surface area contributed by atoms with E-state index in [4.69, 9.17) is 11.5 Å². The van der Waals surface area contributed by atoms with Gasteiger partial charge in [0.2, 0.25) is 0 Å². The van der Waals surface area contributed by atoms with Gasteiger partial charge in [-0.1, -0.05) is 12.1 Å². The van der Waals surface area contributed by atoms with E-state index in [1.165, 1.54) is 23.0 Å². The average Bonchev–Trinajstić information content (AvgIpc) is 2.78. The van der Waals surface area contributed by atoms with Crippen LogP contribution in [0.4, 0.5) is 5.82 Å². The summed E-state index contributed by atoms with van der Waals surface area (Å²) in [5, 5.41) is 0. The van der Waals surface area contributed by atoms with E-state index in [1.54, 1.807) is 12.3 Å². The van der Waals surface area contributed by atoms with E-state index in [0.717, 1.165) is 25.3 Å². The van der Waals surface area contributed by atoms with Crippen molar-refractivity contribution in [3.8, 4) is 5.69 Å². The van der Waals surface area contributed by atoms with Crippen LogP contribution in [0.25, 0.3) is 5.69 Å². The quantitative estimate of drug-likeness (QED) is 0.878. The summed E-state index contributed by atoms with van der Waals surface area (Å²) in [5.41, 5.74) is 13.5. The fraction of sp³-hybridized carbons (Fsp3) is 0.444. The number of hydrogen-bond acceptors (Lipinski definition) is 5. The summed E-state index contributed by atoms with van der Waals surface area (Å²) < 4.78 is 1.50. The Morgan fingerprint density at radius 2 is 1.75 bits per heavy atom. The number of fused-ring (bicyclic) bond motifs is 2. The highest BCUT2D eigenvalue weighted by Crippen LogP contribution is 2.36. The number of nitrogen functional groups attached to an aromatic ring is 1. The zero-order valence-corrected chi connectivity index (χ0v) is 13.6. The zero-order valence-electron chi connectivity index (χ0n) is 13.6. The number of benzene rings is 1. The lowest BCUT2D eigenvalue weighted by Crippen LogP contribution is -2.48. The highest BCUT2D eigenvalue weighted by Gasteiger charge is 2.39. The third kappa shape index (κ3) is 2.83. The molecule has 1 aliphatic carbocycles. The van der Waals surface area contributed by atoms with Gasteiger partial charge in [0.15, 0.2) is 0 Å². The van der Waals surface area contributed by atoms with Gasteiger partial charge in [0, 0.05) is 31.9 Å². The van der Waals surface area contributed by atoms with Crippen molar-refractivity contribution in [2.45, 2.75) is 25.4 Å². The monoisotopic (exact) mass is 325 g/mol. The molecular weight excluding hydrogens is 302 g/mol. The number of piperidine rings is 1. The summed E-state index contributed by atoms with van der Waals surface area (Å²) in [5.74, 6) is 1.55. The minimum absolute atomic E-state index is 0.241. The SMILES string of the molecule is Nc1ccn(-c2ccc(CN3CC4CCC(C3)C4N)cc2)c(=O)n1. The first-order chi connectivity index (χ1) is 11.6. The summed E-state index contributed by atoms with van der Waals surface area (Å²) in [6.07, 6.45) is 4.20. The van der Waals surface area contributed by atoms with Gasteiger partial charge in [0.25, 0.3) is 0 Å². The summed E-state index contributed by atoms with van der Waals surface area (Å²) in [4.78, 5) is 18.2. The van der Waals surface area contributed by atoms with Crippen molar-refractivity contribution < 1.29 is 0 Å². The Hall–Kier alpha value is -2.18. The predicted octanol–water partition coefficient (Wildman–Crippen LogP) is 0.984. The number of aromatic nitrogens is 2. The Kier molecular flexibility index (Phi) is 3.86. The topological polar surface area (TPSA) is 90.2 Å². The van der Waals surface area contributed by atoms with Gasteiger partial charge < -0.3 is 11.5 Å². The lowest BCUT2D eigenvalue weighted by molar-refractivity contribution is 0.140. The molecule has 6 heteroatoms. The van der Waals surface area contributed by atoms with E-state index in [9.17, 15) is 4.79 Å². The maximum Gasteiger partial charge on any atom is 0.354 e. The van der Waals surface area contributed by atoms with Crippen LogP contribution in [0.3, 0.4) is 0 Å². The molecule has 2 bridgehead atoms. The van der Waals surface area contributed by atoms with E-state index in [1.807, 2.05) is 12.1 Å². The molecule has 1 aromatic carbocycles. The molecule has 2 unspecified atom stereocenters. The van der Waals surface area contributed by atoms with Gasteiger partial charge in [-0.25, -0.2) is 4.79 Å². The van der Waals surface area contributed by atoms with Crippen LogP contribution in [0.2, 0.25) is 0 Å². The molecule has 2 fully saturated rings. The smallest absolute Gasteiger partial charge is 0.354 e. The van der Waals surface area contributed by atoms with Crippen LogP contribution in [0.5, 0.6) is 0 Å². The second-order valence-electron chi connectivity index (χ2n) is 7.04. The molecule has 2 aromatic rings. The molecule has 0 amide bonds. The van der Waals surface area contributed by atoms with Gasteiger partial charge in [-0.2, -0.15) is 4.98 Å². The second kappa shape index (κ2) is 6.03. The first-order valence-electron chi connectivity index (χ1n) is 8.52. The van der Waals surface area contributed by atoms with Crippen LogP contribution in [0.15, 0.2) is 41.3 Å². The Morgan fingerprint density at radius 3 is 2.38 bits per heavy atom. The van der Waals surface area contributed by atoms with Gasteiger partial charge in [0.1, 0.15) is 5.82 Å². The molecule has 2 aliphatic rings. The first-order valence-corrected chi connectivity index (χ1v) is 8.52. The van der Waals surface area contributed by atoms with Crippen LogP contribution >= 0.6 is 0 Å². The highest BCUT2D eigenvalue weighted by molar-refractivity contribution is 5.36. The molecule has 4 rings (SSSR count). The van der Waals surface area contributed by atoms with Crippen molar-refractivity contribution >= 4 is 5.82 Å². The molecule has 2 heterocycles. The minimum Gasteiger partial charge on any atom is -0.383 e. The zero-order chi connectivity index (χ0) is 16.7. The third-order valence-corrected chi connectivity index (χ3v) is 5.43. The van der Waals surface area contributed by atoms with E-state index in [0.29, 0.717) is 17.9 Å². The largest absolute Gasteiger partial charge is 0.383 e. The van der Waals surface area contributed by atoms with Crippen molar-refractivity contribution in [3.05, 3.63) is 52.6 Å². The van der Waals surface area contributed by atoms with Crippen LogP contribution in [-0.4, -0.2) is 33.6 Å². The standard InChI is InChI=1S/C18H23N5O/c19-16-7-8-23(18(24)21-16)15-5-1-12(2-6-15)9-22-10-13-3-4-14(11-22)17(13)20/h1-2,5-8,13-14,17H,3-4,9-11,20H2,(H2,19,21,24). The van der Waals surface area contributed by atoms with Crippen LogP contribution < -0.4 is 17.2 Å². The number of nitrogens with zero attached hydrogens (tertiary/aromatic N) is 3. The number of rotatable bonds is 3. The summed E-state index contributed by atoms with van der Waals surface area (Å²) >= 11 is 0. The molecule has 6 nitrogen and oxygen atoms in total. The minimum atomic E-state index is -0.357. The fourth-order valence-corrected chi connectivity index (χ4v) is 4.12. The molecule has 126 valence electrons. The molecule has 1 saturated carbocycles. The molecular formula is C18H23N5O. The van der Waals surface area contributed by atoms with Gasteiger partial charge in [-0.15, -0.1) is 0 Å². The van der Waals surface area contributed by atoms with E-state index >= 15 is 0 Å². The lowest BCUT2D eigenvalue weighted by Gasteiger charge is -2.36. The third-order valence-electron chi connectivity index (χ3n) is 5.43. The molecule has 24 heavy (non-hydrogen) atoms. The van der Waals surface area contributed by atoms with Crippen LogP contribution in [0.1, 0.15) is 18.4 Å². The molecule has 1 aromatic heterocycles. The molecule has 0 radical (unpaired) electrons. The maximum absolute atomic E-state index is 11.9. The molecule has 2 atom stereocenters.